The lowest BCUT2D eigenvalue weighted by atomic mass is 9.85. The van der Waals surface area contributed by atoms with Gasteiger partial charge in [-0.3, -0.25) is 4.79 Å². The summed E-state index contributed by atoms with van der Waals surface area (Å²) in [5, 5.41) is 13.1. The average molecular weight is 383 g/mol. The monoisotopic (exact) mass is 383 g/mol. The van der Waals surface area contributed by atoms with E-state index in [9.17, 15) is 27.5 Å². The lowest BCUT2D eigenvalue weighted by Crippen LogP contribution is -2.53. The van der Waals surface area contributed by atoms with E-state index in [0.717, 1.165) is 24.3 Å². The molecule has 1 aliphatic rings. The van der Waals surface area contributed by atoms with Crippen LogP contribution in [0.2, 0.25) is 0 Å². The Morgan fingerprint density at radius 1 is 1.15 bits per heavy atom. The number of hydrogen-bond donors (Lipinski definition) is 2. The molecule has 0 saturated carbocycles. The van der Waals surface area contributed by atoms with Crippen LogP contribution in [-0.4, -0.2) is 22.7 Å². The smallest absolute Gasteiger partial charge is 0.416 e. The number of aliphatic hydroxyl groups excluding tert-OH is 1. The van der Waals surface area contributed by atoms with Crippen LogP contribution in [0, 0.1) is 5.82 Å². The van der Waals surface area contributed by atoms with Gasteiger partial charge in [0.15, 0.2) is 0 Å². The maximum Gasteiger partial charge on any atom is 0.416 e. The summed E-state index contributed by atoms with van der Waals surface area (Å²) in [4.78, 5) is 12.5. The van der Waals surface area contributed by atoms with Crippen LogP contribution in [0.1, 0.15) is 41.4 Å². The van der Waals surface area contributed by atoms with Crippen LogP contribution in [-0.2, 0) is 6.18 Å². The normalized spacial score (nSPS) is 21.1. The van der Waals surface area contributed by atoms with E-state index in [1.807, 2.05) is 0 Å². The number of fused-ring (bicyclic) bond motifs is 1. The highest BCUT2D eigenvalue weighted by Crippen LogP contribution is 2.42. The zero-order chi connectivity index (χ0) is 20.0. The molecule has 2 aromatic rings. The molecule has 2 N–H and O–H groups in total. The molecule has 1 heterocycles. The largest absolute Gasteiger partial charge is 0.485 e. The number of halogens is 4. The third-order valence-electron chi connectivity index (χ3n) is 4.47. The summed E-state index contributed by atoms with van der Waals surface area (Å²) in [6, 6.07) is 6.44. The molecule has 4 nitrogen and oxygen atoms in total. The van der Waals surface area contributed by atoms with Crippen molar-refractivity contribution in [2.45, 2.75) is 37.8 Å². The first-order chi connectivity index (χ1) is 12.5. The number of aliphatic hydroxyl groups is 1. The molecule has 0 aliphatic carbocycles. The predicted octanol–water partition coefficient (Wildman–Crippen LogP) is 3.85. The zero-order valence-electron chi connectivity index (χ0n) is 14.5. The number of carbonyl (C=O) groups excluding carboxylic acids is 1. The SMILES string of the molecule is CC1(C)Oc2ccc(C(F)(F)F)cc2C(NC(=O)c2ccc(F)cc2)[C@@H]1O. The van der Waals surface area contributed by atoms with E-state index in [-0.39, 0.29) is 16.9 Å². The number of nitrogens with one attached hydrogen (secondary N) is 1. The summed E-state index contributed by atoms with van der Waals surface area (Å²) in [6.45, 7) is 3.13. The Kier molecular flexibility index (Phi) is 4.63. The molecule has 1 aliphatic heterocycles. The Hall–Kier alpha value is -2.61. The second-order valence-electron chi connectivity index (χ2n) is 6.86. The lowest BCUT2D eigenvalue weighted by Gasteiger charge is -2.42. The van der Waals surface area contributed by atoms with Crippen molar-refractivity contribution in [2.75, 3.05) is 0 Å². The van der Waals surface area contributed by atoms with Crippen molar-refractivity contribution >= 4 is 5.91 Å². The molecule has 2 aromatic carbocycles. The summed E-state index contributed by atoms with van der Waals surface area (Å²) in [6.07, 6.45) is -5.89. The molecule has 0 aromatic heterocycles. The zero-order valence-corrected chi connectivity index (χ0v) is 14.5. The van der Waals surface area contributed by atoms with Crippen molar-refractivity contribution in [3.05, 3.63) is 65.0 Å². The van der Waals surface area contributed by atoms with Crippen LogP contribution in [0.5, 0.6) is 5.75 Å². The van der Waals surface area contributed by atoms with Crippen molar-refractivity contribution in [3.63, 3.8) is 0 Å². The molecule has 144 valence electrons. The van der Waals surface area contributed by atoms with Gasteiger partial charge in [0.1, 0.15) is 23.3 Å². The van der Waals surface area contributed by atoms with Crippen LogP contribution in [0.3, 0.4) is 0 Å². The molecular formula is C19H17F4NO3. The minimum Gasteiger partial charge on any atom is -0.485 e. The molecule has 0 spiro atoms. The Bertz CT molecular complexity index is 862. The summed E-state index contributed by atoms with van der Waals surface area (Å²) >= 11 is 0. The molecular weight excluding hydrogens is 366 g/mol. The van der Waals surface area contributed by atoms with E-state index in [1.54, 1.807) is 13.8 Å². The van der Waals surface area contributed by atoms with Gasteiger partial charge >= 0.3 is 6.18 Å². The van der Waals surface area contributed by atoms with Gasteiger partial charge in [-0.15, -0.1) is 0 Å². The van der Waals surface area contributed by atoms with Crippen molar-refractivity contribution in [1.82, 2.24) is 5.32 Å². The summed E-state index contributed by atoms with van der Waals surface area (Å²) < 4.78 is 57.9. The average Bonchev–Trinajstić information content (AvgIpc) is 2.58. The van der Waals surface area contributed by atoms with Gasteiger partial charge in [-0.05, 0) is 56.3 Å². The van der Waals surface area contributed by atoms with Crippen LogP contribution >= 0.6 is 0 Å². The highest BCUT2D eigenvalue weighted by atomic mass is 19.4. The van der Waals surface area contributed by atoms with E-state index >= 15 is 0 Å². The Morgan fingerprint density at radius 2 is 1.78 bits per heavy atom. The van der Waals surface area contributed by atoms with Gasteiger partial charge < -0.3 is 15.2 Å². The van der Waals surface area contributed by atoms with Crippen molar-refractivity contribution in [3.8, 4) is 5.75 Å². The molecule has 1 unspecified atom stereocenters. The van der Waals surface area contributed by atoms with E-state index in [0.29, 0.717) is 0 Å². The highest BCUT2D eigenvalue weighted by molar-refractivity contribution is 5.94. The molecule has 2 atom stereocenters. The van der Waals surface area contributed by atoms with Gasteiger partial charge in [0.2, 0.25) is 0 Å². The van der Waals surface area contributed by atoms with Crippen LogP contribution in [0.25, 0.3) is 0 Å². The Morgan fingerprint density at radius 3 is 2.37 bits per heavy atom. The topological polar surface area (TPSA) is 58.6 Å². The lowest BCUT2D eigenvalue weighted by molar-refractivity contribution is -0.137. The maximum atomic E-state index is 13.1. The quantitative estimate of drug-likeness (QED) is 0.775. The van der Waals surface area contributed by atoms with Crippen LogP contribution < -0.4 is 10.1 Å². The number of alkyl halides is 3. The van der Waals surface area contributed by atoms with Gasteiger partial charge in [0, 0.05) is 11.1 Å². The summed E-state index contributed by atoms with van der Waals surface area (Å²) in [5.41, 5.74) is -1.93. The molecule has 0 fully saturated rings. The van der Waals surface area contributed by atoms with Crippen molar-refractivity contribution < 1.29 is 32.2 Å². The number of ether oxygens (including phenoxy) is 1. The van der Waals surface area contributed by atoms with E-state index in [2.05, 4.69) is 5.32 Å². The number of benzene rings is 2. The highest BCUT2D eigenvalue weighted by Gasteiger charge is 2.44. The fourth-order valence-corrected chi connectivity index (χ4v) is 2.96. The van der Waals surface area contributed by atoms with Crippen molar-refractivity contribution in [2.24, 2.45) is 0 Å². The molecule has 0 saturated heterocycles. The Balaban J connectivity index is 2.00. The minimum atomic E-state index is -4.58. The standard InChI is InChI=1S/C19H17F4NO3/c1-18(2)16(25)15(24-17(26)10-3-6-12(20)7-4-10)13-9-11(19(21,22)23)5-8-14(13)27-18/h3-9,15-16,25H,1-2H3,(H,24,26)/t15?,16-/m0/s1. The molecule has 1 amide bonds. The third kappa shape index (κ3) is 3.75. The fourth-order valence-electron chi connectivity index (χ4n) is 2.96. The summed E-state index contributed by atoms with van der Waals surface area (Å²) in [7, 11) is 0. The predicted molar refractivity (Wildman–Crippen MR) is 88.8 cm³/mol. The number of rotatable bonds is 2. The first-order valence-electron chi connectivity index (χ1n) is 8.14. The van der Waals surface area contributed by atoms with E-state index in [1.165, 1.54) is 18.2 Å². The van der Waals surface area contributed by atoms with Gasteiger partial charge in [-0.2, -0.15) is 13.2 Å². The summed E-state index contributed by atoms with van der Waals surface area (Å²) in [5.74, 6) is -1.04. The fraction of sp³-hybridized carbons (Fsp3) is 0.316. The number of hydrogen-bond acceptors (Lipinski definition) is 3. The van der Waals surface area contributed by atoms with Gasteiger partial charge in [-0.25, -0.2) is 4.39 Å². The number of amides is 1. The van der Waals surface area contributed by atoms with E-state index in [4.69, 9.17) is 4.74 Å². The van der Waals surface area contributed by atoms with Gasteiger partial charge in [0.25, 0.3) is 5.91 Å². The maximum absolute atomic E-state index is 13.1. The molecule has 0 bridgehead atoms. The first kappa shape index (κ1) is 19.2. The van der Waals surface area contributed by atoms with Gasteiger partial charge in [0.05, 0.1) is 11.6 Å². The van der Waals surface area contributed by atoms with E-state index < -0.39 is 41.2 Å². The second-order valence-corrected chi connectivity index (χ2v) is 6.86. The molecule has 27 heavy (non-hydrogen) atoms. The molecule has 8 heteroatoms. The van der Waals surface area contributed by atoms with Crippen LogP contribution in [0.4, 0.5) is 17.6 Å². The van der Waals surface area contributed by atoms with Crippen molar-refractivity contribution in [1.29, 1.82) is 0 Å². The third-order valence-corrected chi connectivity index (χ3v) is 4.47. The van der Waals surface area contributed by atoms with Crippen LogP contribution in [0.15, 0.2) is 42.5 Å². The first-order valence-corrected chi connectivity index (χ1v) is 8.14. The minimum absolute atomic E-state index is 0.0205. The van der Waals surface area contributed by atoms with Gasteiger partial charge in [-0.1, -0.05) is 0 Å². The molecule has 3 rings (SSSR count). The Labute approximate surface area is 152 Å². The molecule has 0 radical (unpaired) electrons. The second kappa shape index (κ2) is 6.53. The number of carbonyl (C=O) groups is 1.